The maximum atomic E-state index is 12.3. The van der Waals surface area contributed by atoms with Crippen molar-refractivity contribution in [2.24, 2.45) is 11.5 Å². The molecule has 1 saturated heterocycles. The predicted molar refractivity (Wildman–Crippen MR) is 124 cm³/mol. The van der Waals surface area contributed by atoms with Crippen molar-refractivity contribution in [3.05, 3.63) is 11.4 Å². The van der Waals surface area contributed by atoms with Gasteiger partial charge in [0.1, 0.15) is 12.6 Å². The van der Waals surface area contributed by atoms with E-state index in [9.17, 15) is 14.4 Å². The summed E-state index contributed by atoms with van der Waals surface area (Å²) in [7, 11) is 0. The van der Waals surface area contributed by atoms with E-state index < -0.39 is 12.1 Å². The van der Waals surface area contributed by atoms with Crippen LogP contribution in [0.15, 0.2) is 0 Å². The van der Waals surface area contributed by atoms with Crippen molar-refractivity contribution in [3.63, 3.8) is 0 Å². The van der Waals surface area contributed by atoms with Gasteiger partial charge < -0.3 is 36.7 Å². The molecule has 0 aromatic rings. The van der Waals surface area contributed by atoms with Crippen LogP contribution in [0.3, 0.4) is 0 Å². The van der Waals surface area contributed by atoms with Gasteiger partial charge >= 0.3 is 6.17 Å². The molecule has 0 aromatic heterocycles. The zero-order valence-corrected chi connectivity index (χ0v) is 19.7. The Labute approximate surface area is 200 Å². The first-order valence-electron chi connectivity index (χ1n) is 11.6. The molecule has 0 aliphatic carbocycles. The number of nitrogens with two attached hydrogens (primary N) is 2. The maximum absolute atomic E-state index is 12.3. The molecule has 3 amide bonds. The molecule has 1 fully saturated rings. The van der Waals surface area contributed by atoms with Gasteiger partial charge in [-0.25, -0.2) is 6.57 Å². The molecule has 0 spiro atoms. The van der Waals surface area contributed by atoms with Gasteiger partial charge in [0.2, 0.25) is 17.7 Å². The standard InChI is InChI=1S/C21H39N7O6/c1-24-18-6-4-9-28(18)21(32)16(23)5-2-3-7-25-19(30)14-34-12-11-33-10-8-26-20(31)17(13-29)27-15-22/h16-18,27,29H,2-15,22-23H2,(H,25,30)(H,26,31)/t16?,17-,18-/m0/s1. The molecule has 13 heteroatoms. The summed E-state index contributed by atoms with van der Waals surface area (Å²) in [6.45, 7) is 8.88. The first-order chi connectivity index (χ1) is 16.4. The van der Waals surface area contributed by atoms with Gasteiger partial charge in [-0.15, -0.1) is 0 Å². The second-order valence-electron chi connectivity index (χ2n) is 7.84. The Bertz CT molecular complexity index is 660. The van der Waals surface area contributed by atoms with Gasteiger partial charge in [-0.3, -0.25) is 29.4 Å². The Balaban J connectivity index is 1.97. The highest BCUT2D eigenvalue weighted by molar-refractivity contribution is 5.82. The van der Waals surface area contributed by atoms with E-state index in [1.807, 2.05) is 0 Å². The molecule has 1 aliphatic heterocycles. The number of unbranched alkanes of at least 4 members (excludes halogenated alkanes) is 1. The minimum atomic E-state index is -0.751. The maximum Gasteiger partial charge on any atom is 0.300 e. The van der Waals surface area contributed by atoms with Gasteiger partial charge in [0.25, 0.3) is 0 Å². The Hall–Kier alpha value is -2.34. The van der Waals surface area contributed by atoms with Gasteiger partial charge in [0, 0.05) is 32.7 Å². The predicted octanol–water partition coefficient (Wildman–Crippen LogP) is -2.52. The Morgan fingerprint density at radius 3 is 2.62 bits per heavy atom. The van der Waals surface area contributed by atoms with Crippen molar-refractivity contribution in [1.29, 1.82) is 0 Å². The van der Waals surface area contributed by atoms with Crippen LogP contribution in [0, 0.1) is 6.57 Å². The van der Waals surface area contributed by atoms with E-state index in [2.05, 4.69) is 20.8 Å². The van der Waals surface area contributed by atoms with Crippen molar-refractivity contribution >= 4 is 17.7 Å². The number of likely N-dealkylation sites (tertiary alicyclic amines) is 1. The monoisotopic (exact) mass is 485 g/mol. The third kappa shape index (κ3) is 11.7. The summed E-state index contributed by atoms with van der Waals surface area (Å²) in [6, 6.07) is -1.37. The van der Waals surface area contributed by atoms with E-state index in [0.29, 0.717) is 38.8 Å². The van der Waals surface area contributed by atoms with Gasteiger partial charge in [0.05, 0.1) is 32.5 Å². The lowest BCUT2D eigenvalue weighted by molar-refractivity contribution is -0.133. The van der Waals surface area contributed by atoms with Crippen molar-refractivity contribution in [2.75, 3.05) is 59.3 Å². The van der Waals surface area contributed by atoms with E-state index in [1.54, 1.807) is 4.90 Å². The number of aliphatic hydroxyl groups excluding tert-OH is 1. The molecule has 1 unspecified atom stereocenters. The minimum Gasteiger partial charge on any atom is -0.394 e. The molecule has 194 valence electrons. The van der Waals surface area contributed by atoms with Gasteiger partial charge in [-0.2, -0.15) is 0 Å². The van der Waals surface area contributed by atoms with Crippen LogP contribution in [0.1, 0.15) is 32.1 Å². The molecule has 8 N–H and O–H groups in total. The molecule has 1 aliphatic rings. The topological polar surface area (TPSA) is 186 Å². The molecule has 1 heterocycles. The zero-order valence-electron chi connectivity index (χ0n) is 19.7. The molecular formula is C21H39N7O6. The van der Waals surface area contributed by atoms with Crippen LogP contribution in [-0.4, -0.2) is 105 Å². The normalized spacial score (nSPS) is 17.1. The summed E-state index contributed by atoms with van der Waals surface area (Å²) in [5.74, 6) is -0.774. The number of hydrogen-bond acceptors (Lipinski definition) is 9. The van der Waals surface area contributed by atoms with Crippen LogP contribution in [0.25, 0.3) is 4.85 Å². The number of nitrogens with zero attached hydrogens (tertiary/aromatic N) is 2. The van der Waals surface area contributed by atoms with Crippen LogP contribution in [0.4, 0.5) is 0 Å². The van der Waals surface area contributed by atoms with E-state index in [-0.39, 0.29) is 70.1 Å². The second-order valence-corrected chi connectivity index (χ2v) is 7.84. The fourth-order valence-corrected chi connectivity index (χ4v) is 3.38. The number of ether oxygens (including phenoxy) is 2. The SMILES string of the molecule is [C-]#[N+][C@@H]1CCCN1C(=O)C(N)CCCCNC(=O)COCCOCCNC(=O)[C@H](CO)NCN. The molecule has 1 rings (SSSR count). The fraction of sp³-hybridized carbons (Fsp3) is 0.810. The second kappa shape index (κ2) is 18.0. The minimum absolute atomic E-state index is 0.0828. The summed E-state index contributed by atoms with van der Waals surface area (Å²) in [5, 5.41) is 17.1. The van der Waals surface area contributed by atoms with E-state index in [1.165, 1.54) is 0 Å². The summed E-state index contributed by atoms with van der Waals surface area (Å²) in [5.41, 5.74) is 11.3. The van der Waals surface area contributed by atoms with Gasteiger partial charge in [-0.05, 0) is 25.7 Å². The van der Waals surface area contributed by atoms with Gasteiger partial charge in [0.15, 0.2) is 0 Å². The lowest BCUT2D eigenvalue weighted by atomic mass is 10.1. The highest BCUT2D eigenvalue weighted by Crippen LogP contribution is 2.19. The van der Waals surface area contributed by atoms with Crippen molar-refractivity contribution < 1.29 is 29.0 Å². The molecule has 0 bridgehead atoms. The lowest BCUT2D eigenvalue weighted by Crippen LogP contribution is -2.49. The smallest absolute Gasteiger partial charge is 0.300 e. The number of carbonyl (C=O) groups excluding carboxylic acids is 3. The average molecular weight is 486 g/mol. The van der Waals surface area contributed by atoms with Crippen LogP contribution in [0.5, 0.6) is 0 Å². The van der Waals surface area contributed by atoms with Crippen molar-refractivity contribution in [1.82, 2.24) is 20.9 Å². The number of carbonyl (C=O) groups is 3. The van der Waals surface area contributed by atoms with Crippen LogP contribution >= 0.6 is 0 Å². The molecule has 13 nitrogen and oxygen atoms in total. The summed E-state index contributed by atoms with van der Waals surface area (Å²) < 4.78 is 10.5. The molecular weight excluding hydrogens is 446 g/mol. The number of hydrogen-bond donors (Lipinski definition) is 6. The first kappa shape index (κ1) is 29.7. The summed E-state index contributed by atoms with van der Waals surface area (Å²) in [6.07, 6.45) is 3.05. The molecule has 0 saturated carbocycles. The third-order valence-corrected chi connectivity index (χ3v) is 5.25. The highest BCUT2D eigenvalue weighted by Gasteiger charge is 2.35. The molecule has 0 aromatic carbocycles. The zero-order chi connectivity index (χ0) is 25.2. The van der Waals surface area contributed by atoms with Crippen LogP contribution in [0.2, 0.25) is 0 Å². The van der Waals surface area contributed by atoms with E-state index in [0.717, 1.165) is 6.42 Å². The van der Waals surface area contributed by atoms with Gasteiger partial charge in [-0.1, -0.05) is 0 Å². The number of aliphatic hydroxyl groups is 1. The Morgan fingerprint density at radius 2 is 1.91 bits per heavy atom. The number of rotatable bonds is 18. The largest absolute Gasteiger partial charge is 0.394 e. The number of nitrogens with one attached hydrogen (secondary N) is 3. The highest BCUT2D eigenvalue weighted by atomic mass is 16.5. The Morgan fingerprint density at radius 1 is 1.15 bits per heavy atom. The molecule has 0 radical (unpaired) electrons. The molecule has 34 heavy (non-hydrogen) atoms. The summed E-state index contributed by atoms with van der Waals surface area (Å²) in [4.78, 5) is 40.9. The lowest BCUT2D eigenvalue weighted by Gasteiger charge is -2.20. The summed E-state index contributed by atoms with van der Waals surface area (Å²) >= 11 is 0. The average Bonchev–Trinajstić information content (AvgIpc) is 3.32. The van der Waals surface area contributed by atoms with E-state index >= 15 is 0 Å². The molecule has 3 atom stereocenters. The van der Waals surface area contributed by atoms with Crippen LogP contribution in [-0.2, 0) is 23.9 Å². The first-order valence-corrected chi connectivity index (χ1v) is 11.6. The van der Waals surface area contributed by atoms with Crippen molar-refractivity contribution in [2.45, 2.75) is 50.4 Å². The Kier molecular flexibility index (Phi) is 15.8. The van der Waals surface area contributed by atoms with Crippen LogP contribution < -0.4 is 27.4 Å². The fourth-order valence-electron chi connectivity index (χ4n) is 3.38. The quantitative estimate of drug-likeness (QED) is 0.0692. The number of amides is 3. The van der Waals surface area contributed by atoms with E-state index in [4.69, 9.17) is 32.6 Å². The van der Waals surface area contributed by atoms with Crippen molar-refractivity contribution in [3.8, 4) is 0 Å². The third-order valence-electron chi connectivity index (χ3n) is 5.25.